The molecule has 0 saturated heterocycles. The van der Waals surface area contributed by atoms with Crippen LogP contribution < -0.4 is 15.0 Å². The fourth-order valence-corrected chi connectivity index (χ4v) is 5.51. The molecule has 1 N–H and O–H groups in total. The second-order valence-corrected chi connectivity index (χ2v) is 9.87. The minimum absolute atomic E-state index is 0.192. The molecule has 0 bridgehead atoms. The summed E-state index contributed by atoms with van der Waals surface area (Å²) in [6.45, 7) is 5.34. The molecule has 0 saturated carbocycles. The van der Waals surface area contributed by atoms with Crippen molar-refractivity contribution >= 4 is 45.4 Å². The SMILES string of the molecule is CC1CCc2c(sc(NC(=O)CN3C(=O)C(C)(C)Oc4ccc(Cl)cc43)c2C#N)C1. The highest BCUT2D eigenvalue weighted by atomic mass is 35.5. The van der Waals surface area contributed by atoms with E-state index in [-0.39, 0.29) is 18.4 Å². The molecule has 2 aliphatic rings. The first-order valence-corrected chi connectivity index (χ1v) is 11.0. The molecule has 0 radical (unpaired) electrons. The molecule has 1 unspecified atom stereocenters. The Hall–Kier alpha value is -2.56. The zero-order valence-corrected chi connectivity index (χ0v) is 18.6. The molecule has 1 aromatic heterocycles. The summed E-state index contributed by atoms with van der Waals surface area (Å²) in [7, 11) is 0. The largest absolute Gasteiger partial charge is 0.476 e. The third-order valence-corrected chi connectivity index (χ3v) is 6.92. The summed E-state index contributed by atoms with van der Waals surface area (Å²) in [6.07, 6.45) is 2.82. The zero-order valence-electron chi connectivity index (χ0n) is 17.0. The van der Waals surface area contributed by atoms with Crippen molar-refractivity contribution in [2.24, 2.45) is 5.92 Å². The first-order valence-electron chi connectivity index (χ1n) is 9.84. The normalized spacial score (nSPS) is 19.4. The Labute approximate surface area is 184 Å². The van der Waals surface area contributed by atoms with Crippen molar-refractivity contribution in [3.05, 3.63) is 39.2 Å². The molecule has 2 amide bonds. The molecule has 4 rings (SSSR count). The van der Waals surface area contributed by atoms with Gasteiger partial charge in [-0.15, -0.1) is 11.3 Å². The van der Waals surface area contributed by atoms with Gasteiger partial charge >= 0.3 is 0 Å². The van der Waals surface area contributed by atoms with Gasteiger partial charge in [0.15, 0.2) is 5.60 Å². The standard InChI is InChI=1S/C22H22ClN3O3S/c1-12-4-6-14-15(10-24)20(30-18(14)8-12)25-19(27)11-26-16-9-13(23)5-7-17(16)29-22(2,3)21(26)28/h5,7,9,12H,4,6,8,11H2,1-3H3,(H,25,27). The third kappa shape index (κ3) is 3.66. The number of ether oxygens (including phenoxy) is 1. The van der Waals surface area contributed by atoms with E-state index in [1.807, 2.05) is 0 Å². The van der Waals surface area contributed by atoms with Crippen LogP contribution >= 0.6 is 22.9 Å². The molecule has 1 aliphatic carbocycles. The number of hydrogen-bond acceptors (Lipinski definition) is 5. The predicted octanol–water partition coefficient (Wildman–Crippen LogP) is 4.54. The van der Waals surface area contributed by atoms with Gasteiger partial charge < -0.3 is 10.1 Å². The number of fused-ring (bicyclic) bond motifs is 2. The number of nitrogens with one attached hydrogen (secondary N) is 1. The van der Waals surface area contributed by atoms with Gasteiger partial charge in [-0.25, -0.2) is 0 Å². The summed E-state index contributed by atoms with van der Waals surface area (Å²) in [5.74, 6) is 0.373. The highest BCUT2D eigenvalue weighted by Gasteiger charge is 2.41. The van der Waals surface area contributed by atoms with E-state index in [9.17, 15) is 14.9 Å². The summed E-state index contributed by atoms with van der Waals surface area (Å²) in [5.41, 5.74) is 0.961. The van der Waals surface area contributed by atoms with Crippen LogP contribution in [0.5, 0.6) is 5.75 Å². The second-order valence-electron chi connectivity index (χ2n) is 8.33. The van der Waals surface area contributed by atoms with Gasteiger partial charge in [-0.05, 0) is 62.8 Å². The molecular weight excluding hydrogens is 422 g/mol. The molecule has 8 heteroatoms. The van der Waals surface area contributed by atoms with Crippen LogP contribution in [0, 0.1) is 17.2 Å². The third-order valence-electron chi connectivity index (χ3n) is 5.52. The topological polar surface area (TPSA) is 82.4 Å². The van der Waals surface area contributed by atoms with E-state index in [1.165, 1.54) is 21.1 Å². The first kappa shape index (κ1) is 20.7. The lowest BCUT2D eigenvalue weighted by Crippen LogP contribution is -2.54. The van der Waals surface area contributed by atoms with Crippen molar-refractivity contribution < 1.29 is 14.3 Å². The van der Waals surface area contributed by atoms with E-state index in [0.717, 1.165) is 24.8 Å². The van der Waals surface area contributed by atoms with Crippen LogP contribution in [0.15, 0.2) is 18.2 Å². The van der Waals surface area contributed by atoms with Crippen molar-refractivity contribution in [2.75, 3.05) is 16.8 Å². The van der Waals surface area contributed by atoms with E-state index >= 15 is 0 Å². The number of anilines is 2. The van der Waals surface area contributed by atoms with Gasteiger partial charge in [0.05, 0.1) is 11.3 Å². The Morgan fingerprint density at radius 2 is 2.23 bits per heavy atom. The Balaban J connectivity index is 1.60. The maximum absolute atomic E-state index is 13.0. The summed E-state index contributed by atoms with van der Waals surface area (Å²) in [5, 5.41) is 13.5. The Kier molecular flexibility index (Phi) is 5.25. The van der Waals surface area contributed by atoms with Crippen LogP contribution in [0.25, 0.3) is 0 Å². The number of carbonyl (C=O) groups is 2. The maximum atomic E-state index is 13.0. The number of hydrogen-bond donors (Lipinski definition) is 1. The van der Waals surface area contributed by atoms with Gasteiger partial charge in [-0.3, -0.25) is 14.5 Å². The summed E-state index contributed by atoms with van der Waals surface area (Å²) in [6, 6.07) is 7.24. The first-order chi connectivity index (χ1) is 14.2. The van der Waals surface area contributed by atoms with Crippen molar-refractivity contribution in [2.45, 2.75) is 45.6 Å². The van der Waals surface area contributed by atoms with Crippen LogP contribution in [0.4, 0.5) is 10.7 Å². The van der Waals surface area contributed by atoms with Crippen LogP contribution in [0.3, 0.4) is 0 Å². The number of amides is 2. The van der Waals surface area contributed by atoms with Crippen LogP contribution in [0.1, 0.15) is 43.2 Å². The van der Waals surface area contributed by atoms with Crippen molar-refractivity contribution in [3.63, 3.8) is 0 Å². The highest BCUT2D eigenvalue weighted by Crippen LogP contribution is 2.41. The molecule has 30 heavy (non-hydrogen) atoms. The number of rotatable bonds is 3. The Morgan fingerprint density at radius 3 is 2.97 bits per heavy atom. The molecule has 156 valence electrons. The van der Waals surface area contributed by atoms with E-state index in [0.29, 0.717) is 32.9 Å². The number of halogens is 1. The lowest BCUT2D eigenvalue weighted by molar-refractivity contribution is -0.133. The summed E-state index contributed by atoms with van der Waals surface area (Å²) >= 11 is 7.57. The van der Waals surface area contributed by atoms with Crippen LogP contribution in [-0.2, 0) is 22.4 Å². The molecule has 2 aromatic rings. The molecule has 1 atom stereocenters. The number of benzene rings is 1. The molecule has 6 nitrogen and oxygen atoms in total. The highest BCUT2D eigenvalue weighted by molar-refractivity contribution is 7.16. The van der Waals surface area contributed by atoms with Crippen molar-refractivity contribution in [1.29, 1.82) is 5.26 Å². The minimum Gasteiger partial charge on any atom is -0.476 e. The number of nitrogens with zero attached hydrogens (tertiary/aromatic N) is 2. The number of thiophene rings is 1. The monoisotopic (exact) mass is 443 g/mol. The molecule has 0 spiro atoms. The average molecular weight is 444 g/mol. The molecule has 0 fully saturated rings. The van der Waals surface area contributed by atoms with E-state index in [4.69, 9.17) is 16.3 Å². The summed E-state index contributed by atoms with van der Waals surface area (Å²) < 4.78 is 5.80. The predicted molar refractivity (Wildman–Crippen MR) is 117 cm³/mol. The average Bonchev–Trinajstić information content (AvgIpc) is 3.01. The van der Waals surface area contributed by atoms with Gasteiger partial charge in [0.25, 0.3) is 5.91 Å². The second kappa shape index (κ2) is 7.60. The quantitative estimate of drug-likeness (QED) is 0.754. The lowest BCUT2D eigenvalue weighted by Gasteiger charge is -2.38. The van der Waals surface area contributed by atoms with Gasteiger partial charge in [0.1, 0.15) is 23.4 Å². The molecule has 1 aliphatic heterocycles. The van der Waals surface area contributed by atoms with Crippen LogP contribution in [0.2, 0.25) is 5.02 Å². The smallest absolute Gasteiger partial charge is 0.271 e. The zero-order chi connectivity index (χ0) is 21.6. The van der Waals surface area contributed by atoms with E-state index < -0.39 is 5.60 Å². The molecular formula is C22H22ClN3O3S. The van der Waals surface area contributed by atoms with Crippen LogP contribution in [-0.4, -0.2) is 24.0 Å². The summed E-state index contributed by atoms with van der Waals surface area (Å²) in [4.78, 5) is 28.4. The maximum Gasteiger partial charge on any atom is 0.271 e. The van der Waals surface area contributed by atoms with Gasteiger partial charge in [-0.2, -0.15) is 5.26 Å². The van der Waals surface area contributed by atoms with Gasteiger partial charge in [-0.1, -0.05) is 18.5 Å². The van der Waals surface area contributed by atoms with Gasteiger partial charge in [0, 0.05) is 9.90 Å². The molecule has 2 heterocycles. The van der Waals surface area contributed by atoms with E-state index in [1.54, 1.807) is 32.0 Å². The Bertz CT molecular complexity index is 1090. The fraction of sp³-hybridized carbons (Fsp3) is 0.409. The minimum atomic E-state index is -1.10. The van der Waals surface area contributed by atoms with Crippen molar-refractivity contribution in [1.82, 2.24) is 0 Å². The Morgan fingerprint density at radius 1 is 1.47 bits per heavy atom. The lowest BCUT2D eigenvalue weighted by atomic mass is 9.89. The fourth-order valence-electron chi connectivity index (χ4n) is 3.96. The molecule has 1 aromatic carbocycles. The van der Waals surface area contributed by atoms with Crippen molar-refractivity contribution in [3.8, 4) is 11.8 Å². The van der Waals surface area contributed by atoms with E-state index in [2.05, 4.69) is 18.3 Å². The number of nitriles is 1. The van der Waals surface area contributed by atoms with Gasteiger partial charge in [0.2, 0.25) is 5.91 Å². The number of carbonyl (C=O) groups excluding carboxylic acids is 2.